The summed E-state index contributed by atoms with van der Waals surface area (Å²) in [6.07, 6.45) is 0.485. The molecule has 1 aromatic carbocycles. The molecule has 2 aromatic heterocycles. The Kier molecular flexibility index (Phi) is 6.77. The van der Waals surface area contributed by atoms with Crippen LogP contribution in [0.1, 0.15) is 6.04 Å². The van der Waals surface area contributed by atoms with Gasteiger partial charge in [-0.1, -0.05) is 40.2 Å². The minimum atomic E-state index is -1.27. The van der Waals surface area contributed by atoms with Crippen molar-refractivity contribution >= 4 is 35.0 Å². The highest BCUT2D eigenvalue weighted by atomic mass is 35.5. The first-order chi connectivity index (χ1) is 14.9. The zero-order chi connectivity index (χ0) is 22.1. The third-order valence-corrected chi connectivity index (χ3v) is 6.70. The fraction of sp³-hybridized carbons (Fsp3) is 0.316. The first-order valence-corrected chi connectivity index (χ1v) is 10.8. The van der Waals surface area contributed by atoms with E-state index in [1.165, 1.54) is 23.1 Å². The zero-order valence-electron chi connectivity index (χ0n) is 15.7. The van der Waals surface area contributed by atoms with Crippen LogP contribution in [0.4, 0.5) is 4.39 Å². The average Bonchev–Trinajstić information content (AvgIpc) is 3.22. The summed E-state index contributed by atoms with van der Waals surface area (Å²) >= 11 is 13.2. The van der Waals surface area contributed by atoms with Crippen LogP contribution in [0.25, 0.3) is 11.3 Å². The first-order valence-electron chi connectivity index (χ1n) is 9.14. The molecular weight excluding hydrogens is 470 g/mol. The van der Waals surface area contributed by atoms with Gasteiger partial charge in [-0.15, -0.1) is 5.10 Å². The van der Waals surface area contributed by atoms with Crippen LogP contribution in [0, 0.1) is 5.82 Å². The number of benzene rings is 1. The highest BCUT2D eigenvalue weighted by Gasteiger charge is 2.46. The molecule has 3 N–H and O–H groups in total. The minimum absolute atomic E-state index is 0.312. The number of nitrogens with zero attached hydrogens (tertiary/aromatic N) is 4. The van der Waals surface area contributed by atoms with Gasteiger partial charge in [0.15, 0.2) is 0 Å². The van der Waals surface area contributed by atoms with Gasteiger partial charge in [-0.25, -0.2) is 9.07 Å². The molecule has 0 spiro atoms. The third-order valence-electron chi connectivity index (χ3n) is 4.81. The fourth-order valence-electron chi connectivity index (χ4n) is 3.27. The highest BCUT2D eigenvalue weighted by molar-refractivity contribution is 7.99. The van der Waals surface area contributed by atoms with Crippen LogP contribution in [-0.4, -0.2) is 65.7 Å². The van der Waals surface area contributed by atoms with E-state index in [1.807, 2.05) is 0 Å². The molecule has 1 aliphatic heterocycles. The van der Waals surface area contributed by atoms with Gasteiger partial charge in [0.1, 0.15) is 41.3 Å². The van der Waals surface area contributed by atoms with E-state index in [9.17, 15) is 19.7 Å². The van der Waals surface area contributed by atoms with E-state index in [4.69, 9.17) is 27.9 Å². The predicted molar refractivity (Wildman–Crippen MR) is 112 cm³/mol. The largest absolute Gasteiger partial charge is 0.394 e. The van der Waals surface area contributed by atoms with Crippen LogP contribution in [0.2, 0.25) is 10.0 Å². The lowest BCUT2D eigenvalue weighted by molar-refractivity contribution is -0.178. The van der Waals surface area contributed by atoms with Crippen molar-refractivity contribution in [2.45, 2.75) is 34.7 Å². The van der Waals surface area contributed by atoms with Crippen molar-refractivity contribution in [3.8, 4) is 11.3 Å². The maximum absolute atomic E-state index is 13.5. The Balaban J connectivity index is 1.62. The second kappa shape index (κ2) is 9.37. The van der Waals surface area contributed by atoms with Crippen molar-refractivity contribution < 1.29 is 24.4 Å². The number of aliphatic hydroxyl groups excluding tert-OH is 3. The molecular formula is C19H17Cl2FN4O4S. The summed E-state index contributed by atoms with van der Waals surface area (Å²) < 4.78 is 20.5. The van der Waals surface area contributed by atoms with E-state index in [2.05, 4.69) is 15.3 Å². The van der Waals surface area contributed by atoms with Crippen LogP contribution >= 0.6 is 35.0 Å². The van der Waals surface area contributed by atoms with Crippen LogP contribution in [0.5, 0.6) is 0 Å². The number of pyridine rings is 1. The molecule has 31 heavy (non-hydrogen) atoms. The van der Waals surface area contributed by atoms with Crippen LogP contribution < -0.4 is 0 Å². The van der Waals surface area contributed by atoms with Gasteiger partial charge in [0.2, 0.25) is 0 Å². The van der Waals surface area contributed by atoms with Crippen molar-refractivity contribution in [2.75, 3.05) is 6.61 Å². The monoisotopic (exact) mass is 486 g/mol. The predicted octanol–water partition coefficient (Wildman–Crippen LogP) is 2.56. The summed E-state index contributed by atoms with van der Waals surface area (Å²) in [6, 6.07) is 5.23. The van der Waals surface area contributed by atoms with Crippen molar-refractivity contribution in [3.63, 3.8) is 0 Å². The fourth-order valence-corrected chi connectivity index (χ4v) is 4.73. The summed E-state index contributed by atoms with van der Waals surface area (Å²) in [5, 5.41) is 40.1. The lowest BCUT2D eigenvalue weighted by Gasteiger charge is -2.41. The summed E-state index contributed by atoms with van der Waals surface area (Å²) in [5.74, 6) is -0.531. The standard InChI is InChI=1S/C19H17Cl2FN4O4S/c20-12-2-1-11(4-13(12)21)31-19-18(29)16(17(28)15(8-27)30-19)26-7-14(24-25-26)9-3-10(22)6-23-5-9/h1-7,15-19,27-29H,8H2/t15?,16?,17-,18?,19+/m0/s1. The van der Waals surface area contributed by atoms with Crippen molar-refractivity contribution in [1.29, 1.82) is 0 Å². The van der Waals surface area contributed by atoms with Crippen LogP contribution in [0.3, 0.4) is 0 Å². The normalized spacial score (nSPS) is 26.2. The lowest BCUT2D eigenvalue weighted by atomic mass is 9.97. The molecule has 0 bridgehead atoms. The second-order valence-corrected chi connectivity index (χ2v) is 8.85. The zero-order valence-corrected chi connectivity index (χ0v) is 18.0. The average molecular weight is 487 g/mol. The molecule has 0 amide bonds. The number of rotatable bonds is 5. The van der Waals surface area contributed by atoms with E-state index in [0.717, 1.165) is 18.0 Å². The molecule has 1 aliphatic rings. The lowest BCUT2D eigenvalue weighted by Crippen LogP contribution is -2.55. The Morgan fingerprint density at radius 1 is 1.13 bits per heavy atom. The SMILES string of the molecule is OCC1O[C@H](Sc2ccc(Cl)c(Cl)c2)C(O)C(n2cc(-c3cncc(F)c3)nn2)[C@H]1O. The van der Waals surface area contributed by atoms with Gasteiger partial charge in [0.25, 0.3) is 0 Å². The second-order valence-electron chi connectivity index (χ2n) is 6.87. The summed E-state index contributed by atoms with van der Waals surface area (Å²) in [7, 11) is 0. The molecule has 1 saturated heterocycles. The molecule has 3 heterocycles. The Hall–Kier alpha value is -1.79. The Morgan fingerprint density at radius 3 is 2.65 bits per heavy atom. The van der Waals surface area contributed by atoms with Gasteiger partial charge in [0, 0.05) is 16.7 Å². The molecule has 4 rings (SSSR count). The number of aromatic nitrogens is 4. The van der Waals surface area contributed by atoms with E-state index in [0.29, 0.717) is 26.2 Å². The molecule has 0 saturated carbocycles. The Bertz CT molecular complexity index is 1070. The van der Waals surface area contributed by atoms with E-state index < -0.39 is 42.2 Å². The number of ether oxygens (including phenoxy) is 1. The van der Waals surface area contributed by atoms with Crippen molar-refractivity contribution in [2.24, 2.45) is 0 Å². The third kappa shape index (κ3) is 4.70. The van der Waals surface area contributed by atoms with Gasteiger partial charge in [-0.2, -0.15) is 0 Å². The van der Waals surface area contributed by atoms with E-state index in [1.54, 1.807) is 18.2 Å². The van der Waals surface area contributed by atoms with Gasteiger partial charge >= 0.3 is 0 Å². The molecule has 1 fully saturated rings. The topological polar surface area (TPSA) is 114 Å². The maximum Gasteiger partial charge on any atom is 0.142 e. The molecule has 0 radical (unpaired) electrons. The molecule has 5 atom stereocenters. The number of halogens is 3. The van der Waals surface area contributed by atoms with Gasteiger partial charge < -0.3 is 20.1 Å². The van der Waals surface area contributed by atoms with Gasteiger partial charge in [-0.05, 0) is 24.3 Å². The van der Waals surface area contributed by atoms with Crippen molar-refractivity contribution in [3.05, 3.63) is 58.7 Å². The first kappa shape index (κ1) is 22.4. The smallest absolute Gasteiger partial charge is 0.142 e. The highest BCUT2D eigenvalue weighted by Crippen LogP contribution is 2.39. The van der Waals surface area contributed by atoms with E-state index >= 15 is 0 Å². The number of hydrogen-bond donors (Lipinski definition) is 3. The number of aliphatic hydroxyl groups is 3. The summed E-state index contributed by atoms with van der Waals surface area (Å²) in [5.41, 5.74) is -0.152. The van der Waals surface area contributed by atoms with Crippen molar-refractivity contribution in [1.82, 2.24) is 20.0 Å². The summed E-state index contributed by atoms with van der Waals surface area (Å²) in [4.78, 5) is 4.46. The molecule has 0 aliphatic carbocycles. The molecule has 3 unspecified atom stereocenters. The Morgan fingerprint density at radius 2 is 1.94 bits per heavy atom. The van der Waals surface area contributed by atoms with Crippen LogP contribution in [-0.2, 0) is 4.74 Å². The van der Waals surface area contributed by atoms with Gasteiger partial charge in [0.05, 0.1) is 29.0 Å². The van der Waals surface area contributed by atoms with E-state index in [-0.39, 0.29) is 0 Å². The molecule has 12 heteroatoms. The van der Waals surface area contributed by atoms with Crippen LogP contribution in [0.15, 0.2) is 47.8 Å². The molecule has 164 valence electrons. The quantitative estimate of drug-likeness (QED) is 0.504. The molecule has 3 aromatic rings. The molecule has 8 nitrogen and oxygen atoms in total. The maximum atomic E-state index is 13.5. The minimum Gasteiger partial charge on any atom is -0.394 e. The van der Waals surface area contributed by atoms with Gasteiger partial charge in [-0.3, -0.25) is 4.98 Å². The Labute approximate surface area is 190 Å². The summed E-state index contributed by atoms with van der Waals surface area (Å²) in [6.45, 7) is -0.474. The number of hydrogen-bond acceptors (Lipinski definition) is 8. The number of thioether (sulfide) groups is 1.